The summed E-state index contributed by atoms with van der Waals surface area (Å²) in [5, 5.41) is 0. The first-order valence-corrected chi connectivity index (χ1v) is 12.0. The van der Waals surface area contributed by atoms with Crippen molar-refractivity contribution in [2.75, 3.05) is 25.6 Å². The van der Waals surface area contributed by atoms with E-state index in [9.17, 15) is 0 Å². The number of rotatable bonds is 18. The quantitative estimate of drug-likeness (QED) is 0.241. The van der Waals surface area contributed by atoms with E-state index in [2.05, 4.69) is 13.8 Å². The smallest absolute Gasteiger partial charge is 0.0890 e. The van der Waals surface area contributed by atoms with E-state index in [0.29, 0.717) is 25.7 Å². The Morgan fingerprint density at radius 3 is 1.54 bits per heavy atom. The summed E-state index contributed by atoms with van der Waals surface area (Å²) < 4.78 is 18.0. The van der Waals surface area contributed by atoms with Crippen LogP contribution in [-0.2, 0) is 12.5 Å². The molecule has 148 valence electrons. The first-order chi connectivity index (χ1) is 11.7. The molecule has 0 aromatic heterocycles. The topological polar surface area (TPSA) is 27.7 Å². The van der Waals surface area contributed by atoms with Crippen LogP contribution < -0.4 is 0 Å². The molecule has 0 amide bonds. The fourth-order valence-electron chi connectivity index (χ4n) is 3.18. The van der Waals surface area contributed by atoms with Crippen molar-refractivity contribution in [3.63, 3.8) is 0 Å². The van der Waals surface area contributed by atoms with E-state index in [1.807, 2.05) is 20.8 Å². The van der Waals surface area contributed by atoms with Gasteiger partial charge in [-0.2, -0.15) is 0 Å². The molecule has 0 N–H and O–H groups in total. The average molecular weight is 365 g/mol. The average Bonchev–Trinajstić information content (AvgIpc) is 2.55. The van der Waals surface area contributed by atoms with Crippen molar-refractivity contribution in [1.29, 1.82) is 0 Å². The summed E-state index contributed by atoms with van der Waals surface area (Å²) in [4.78, 5) is 0. The van der Waals surface area contributed by atoms with Gasteiger partial charge in [0.1, 0.15) is 0 Å². The highest BCUT2D eigenvalue weighted by molar-refractivity contribution is 8.21. The Kier molecular flexibility index (Phi) is 16.8. The Balaban J connectivity index is 4.37. The van der Waals surface area contributed by atoms with Crippen LogP contribution in [0.2, 0.25) is 0 Å². The molecule has 0 aliphatic heterocycles. The van der Waals surface area contributed by atoms with Crippen molar-refractivity contribution >= 4 is 10.9 Å². The van der Waals surface area contributed by atoms with E-state index in [4.69, 9.17) is 12.5 Å². The normalized spacial score (nSPS) is 14.0. The lowest BCUT2D eigenvalue weighted by molar-refractivity contribution is 0.180. The van der Waals surface area contributed by atoms with Gasteiger partial charge in [-0.3, -0.25) is 12.5 Å². The van der Waals surface area contributed by atoms with Gasteiger partial charge in [-0.25, -0.2) is 0 Å². The maximum atomic E-state index is 6.00. The molecule has 1 unspecified atom stereocenters. The molecule has 0 bridgehead atoms. The maximum absolute atomic E-state index is 6.00. The Hall–Kier alpha value is 0.230. The second-order valence-electron chi connectivity index (χ2n) is 6.51. The van der Waals surface area contributed by atoms with Crippen molar-refractivity contribution in [3.8, 4) is 0 Å². The first kappa shape index (κ1) is 24.2. The van der Waals surface area contributed by atoms with Gasteiger partial charge in [-0.05, 0) is 39.5 Å². The van der Waals surface area contributed by atoms with Crippen molar-refractivity contribution in [2.45, 2.75) is 98.8 Å². The number of unbranched alkanes of at least 4 members (excludes halogenated alkanes) is 6. The van der Waals surface area contributed by atoms with Gasteiger partial charge >= 0.3 is 0 Å². The maximum Gasteiger partial charge on any atom is 0.0890 e. The van der Waals surface area contributed by atoms with E-state index in [0.717, 1.165) is 5.75 Å². The molecule has 0 radical (unpaired) electrons. The monoisotopic (exact) mass is 364 g/mol. The zero-order valence-electron chi connectivity index (χ0n) is 17.1. The summed E-state index contributed by atoms with van der Waals surface area (Å²) in [7, 11) is -1.82. The molecular weight excluding hydrogens is 320 g/mol. The van der Waals surface area contributed by atoms with Gasteiger partial charge in [0.25, 0.3) is 0 Å². The van der Waals surface area contributed by atoms with Crippen LogP contribution in [0.4, 0.5) is 0 Å². The SMILES string of the molecule is CCCCCCCCCC(CCC)CS(OCC)(OCC)OCC. The molecule has 0 aliphatic carbocycles. The molecule has 0 saturated carbocycles. The number of hydrogen-bond donors (Lipinski definition) is 0. The Labute approximate surface area is 154 Å². The summed E-state index contributed by atoms with van der Waals surface area (Å²) in [5.74, 6) is 1.59. The molecule has 4 heteroatoms. The fourth-order valence-corrected chi connectivity index (χ4v) is 5.66. The predicted octanol–water partition coefficient (Wildman–Crippen LogP) is 7.20. The van der Waals surface area contributed by atoms with Gasteiger partial charge in [-0.15, -0.1) is 0 Å². The van der Waals surface area contributed by atoms with Crippen LogP contribution in [-0.4, -0.2) is 25.6 Å². The lowest BCUT2D eigenvalue weighted by atomic mass is 9.97. The Bertz CT molecular complexity index is 244. The van der Waals surface area contributed by atoms with E-state index in [1.54, 1.807) is 0 Å². The minimum Gasteiger partial charge on any atom is -0.293 e. The molecule has 0 heterocycles. The highest BCUT2D eigenvalue weighted by Crippen LogP contribution is 2.53. The van der Waals surface area contributed by atoms with Crippen LogP contribution in [0.5, 0.6) is 0 Å². The fraction of sp³-hybridized carbons (Fsp3) is 1.00. The van der Waals surface area contributed by atoms with Crippen LogP contribution in [0.1, 0.15) is 98.8 Å². The van der Waals surface area contributed by atoms with Crippen molar-refractivity contribution < 1.29 is 12.5 Å². The van der Waals surface area contributed by atoms with Gasteiger partial charge in [0.05, 0.1) is 30.7 Å². The first-order valence-electron chi connectivity index (χ1n) is 10.4. The molecule has 0 aromatic carbocycles. The standard InChI is InChI=1S/C20H44O3S/c1-6-11-12-13-14-15-16-18-20(17-7-2)19-24(21-8-3,22-9-4)23-10-5/h20H,6-19H2,1-5H3. The van der Waals surface area contributed by atoms with Crippen molar-refractivity contribution in [1.82, 2.24) is 0 Å². The molecule has 0 spiro atoms. The molecule has 0 aromatic rings. The van der Waals surface area contributed by atoms with Crippen molar-refractivity contribution in [3.05, 3.63) is 0 Å². The molecule has 3 nitrogen and oxygen atoms in total. The highest BCUT2D eigenvalue weighted by atomic mass is 32.3. The van der Waals surface area contributed by atoms with Crippen LogP contribution >= 0.6 is 10.9 Å². The van der Waals surface area contributed by atoms with Gasteiger partial charge in [0.2, 0.25) is 0 Å². The predicted molar refractivity (Wildman–Crippen MR) is 108 cm³/mol. The van der Waals surface area contributed by atoms with Crippen LogP contribution in [0.25, 0.3) is 0 Å². The molecular formula is C20H44O3S. The van der Waals surface area contributed by atoms with Crippen LogP contribution in [0, 0.1) is 5.92 Å². The molecule has 1 atom stereocenters. The largest absolute Gasteiger partial charge is 0.293 e. The third-order valence-corrected chi connectivity index (χ3v) is 6.91. The zero-order valence-corrected chi connectivity index (χ0v) is 17.9. The van der Waals surface area contributed by atoms with E-state index >= 15 is 0 Å². The molecule has 24 heavy (non-hydrogen) atoms. The number of hydrogen-bond acceptors (Lipinski definition) is 3. The molecule has 0 saturated heterocycles. The van der Waals surface area contributed by atoms with Crippen LogP contribution in [0.15, 0.2) is 0 Å². The van der Waals surface area contributed by atoms with E-state index in [1.165, 1.54) is 64.2 Å². The molecule has 0 rings (SSSR count). The second kappa shape index (κ2) is 16.7. The third kappa shape index (κ3) is 11.7. The zero-order chi connectivity index (χ0) is 18.1. The van der Waals surface area contributed by atoms with Gasteiger partial charge in [0, 0.05) is 5.75 Å². The summed E-state index contributed by atoms with van der Waals surface area (Å²) in [6.45, 7) is 12.6. The van der Waals surface area contributed by atoms with Gasteiger partial charge in [0.15, 0.2) is 0 Å². The lowest BCUT2D eigenvalue weighted by Crippen LogP contribution is -2.22. The minimum absolute atomic E-state index is 0.658. The molecule has 0 fully saturated rings. The van der Waals surface area contributed by atoms with Crippen LogP contribution in [0.3, 0.4) is 0 Å². The Morgan fingerprint density at radius 1 is 0.583 bits per heavy atom. The highest BCUT2D eigenvalue weighted by Gasteiger charge is 2.30. The van der Waals surface area contributed by atoms with Gasteiger partial charge in [-0.1, -0.05) is 65.2 Å². The lowest BCUT2D eigenvalue weighted by Gasteiger charge is -2.39. The van der Waals surface area contributed by atoms with E-state index in [-0.39, 0.29) is 0 Å². The van der Waals surface area contributed by atoms with Crippen molar-refractivity contribution in [2.24, 2.45) is 5.92 Å². The summed E-state index contributed by atoms with van der Waals surface area (Å²) >= 11 is 0. The Morgan fingerprint density at radius 2 is 1.08 bits per heavy atom. The summed E-state index contributed by atoms with van der Waals surface area (Å²) in [6, 6.07) is 0. The summed E-state index contributed by atoms with van der Waals surface area (Å²) in [5.41, 5.74) is 0. The second-order valence-corrected chi connectivity index (χ2v) is 8.66. The van der Waals surface area contributed by atoms with Gasteiger partial charge < -0.3 is 0 Å². The third-order valence-electron chi connectivity index (χ3n) is 4.24. The van der Waals surface area contributed by atoms with E-state index < -0.39 is 10.9 Å². The summed E-state index contributed by atoms with van der Waals surface area (Å²) in [6.07, 6.45) is 13.4. The minimum atomic E-state index is -1.82. The molecule has 0 aliphatic rings.